The molecule has 0 aliphatic heterocycles. The number of ether oxygens (including phenoxy) is 1. The lowest BCUT2D eigenvalue weighted by Gasteiger charge is -2.12. The zero-order chi connectivity index (χ0) is 16.4. The summed E-state index contributed by atoms with van der Waals surface area (Å²) in [6.45, 7) is 2.16. The highest BCUT2D eigenvalue weighted by Gasteiger charge is 2.16. The average Bonchev–Trinajstić information content (AvgIpc) is 2.88. The number of hydrogen-bond donors (Lipinski definition) is 0. The van der Waals surface area contributed by atoms with E-state index in [1.165, 1.54) is 34.1 Å². The summed E-state index contributed by atoms with van der Waals surface area (Å²) in [7, 11) is 0. The first kappa shape index (κ1) is 15.8. The second-order valence-corrected chi connectivity index (χ2v) is 6.50. The van der Waals surface area contributed by atoms with Gasteiger partial charge in [-0.25, -0.2) is 8.78 Å². The summed E-state index contributed by atoms with van der Waals surface area (Å²) in [5.41, 5.74) is 1.56. The Morgan fingerprint density at radius 1 is 1.09 bits per heavy atom. The molecule has 3 aromatic rings. The van der Waals surface area contributed by atoms with Crippen molar-refractivity contribution in [3.8, 4) is 11.4 Å². The smallest absolute Gasteiger partial charge is 0.166 e. The second kappa shape index (κ2) is 6.60. The highest BCUT2D eigenvalue weighted by atomic mass is 32.1. The van der Waals surface area contributed by atoms with Gasteiger partial charge in [-0.3, -0.25) is 4.57 Å². The number of benzene rings is 2. The summed E-state index contributed by atoms with van der Waals surface area (Å²) in [6.07, 6.45) is 0. The number of para-hydroxylation sites is 1. The molecule has 118 valence electrons. The van der Waals surface area contributed by atoms with Gasteiger partial charge in [0.15, 0.2) is 3.95 Å². The maximum absolute atomic E-state index is 14.0. The zero-order valence-electron chi connectivity index (χ0n) is 12.3. The van der Waals surface area contributed by atoms with Gasteiger partial charge in [-0.2, -0.15) is 0 Å². The van der Waals surface area contributed by atoms with Crippen LogP contribution in [0, 0.1) is 22.5 Å². The standard InChI is InChI=1S/C17H13F2NOS2/c1-11-5-7-13(8-6-11)21-9-12-10-23-17(22)20(12)16-14(18)3-2-4-15(16)19/h2-8,10H,9H2,1H3. The van der Waals surface area contributed by atoms with Gasteiger partial charge in [-0.1, -0.05) is 23.8 Å². The molecule has 0 saturated carbocycles. The Labute approximate surface area is 141 Å². The van der Waals surface area contributed by atoms with Crippen molar-refractivity contribution in [2.75, 3.05) is 0 Å². The maximum Gasteiger partial charge on any atom is 0.166 e. The Morgan fingerprint density at radius 2 is 1.74 bits per heavy atom. The van der Waals surface area contributed by atoms with Crippen molar-refractivity contribution in [3.63, 3.8) is 0 Å². The molecule has 0 N–H and O–H groups in total. The molecule has 0 bridgehead atoms. The van der Waals surface area contributed by atoms with E-state index in [9.17, 15) is 8.78 Å². The van der Waals surface area contributed by atoms with Crippen LogP contribution in [0.5, 0.6) is 5.75 Å². The molecule has 3 rings (SSSR count). The van der Waals surface area contributed by atoms with Gasteiger partial charge in [0.1, 0.15) is 29.7 Å². The lowest BCUT2D eigenvalue weighted by Crippen LogP contribution is -2.08. The normalized spacial score (nSPS) is 10.7. The second-order valence-electron chi connectivity index (χ2n) is 5.00. The number of aromatic nitrogens is 1. The van der Waals surface area contributed by atoms with Crippen LogP contribution in [0.25, 0.3) is 5.69 Å². The van der Waals surface area contributed by atoms with E-state index in [0.717, 1.165) is 5.56 Å². The van der Waals surface area contributed by atoms with Crippen LogP contribution in [0.1, 0.15) is 11.3 Å². The third-order valence-corrected chi connectivity index (χ3v) is 4.58. The molecule has 0 saturated heterocycles. The summed E-state index contributed by atoms with van der Waals surface area (Å²) in [4.78, 5) is 0. The fraction of sp³-hybridized carbons (Fsp3) is 0.118. The van der Waals surface area contributed by atoms with Gasteiger partial charge in [0.05, 0.1) is 5.69 Å². The summed E-state index contributed by atoms with van der Waals surface area (Å²) in [5, 5.41) is 1.75. The molecule has 0 amide bonds. The molecular formula is C17H13F2NOS2. The van der Waals surface area contributed by atoms with Crippen molar-refractivity contribution in [1.82, 2.24) is 4.57 Å². The number of halogens is 2. The first-order chi connectivity index (χ1) is 11.1. The van der Waals surface area contributed by atoms with Crippen LogP contribution in [0.15, 0.2) is 47.8 Å². The molecule has 0 aliphatic rings. The fourth-order valence-corrected chi connectivity index (χ4v) is 3.25. The molecule has 0 unspecified atom stereocenters. The Morgan fingerprint density at radius 3 is 2.39 bits per heavy atom. The van der Waals surface area contributed by atoms with Crippen molar-refractivity contribution in [2.45, 2.75) is 13.5 Å². The number of hydrogen-bond acceptors (Lipinski definition) is 3. The summed E-state index contributed by atoms with van der Waals surface area (Å²) >= 11 is 6.46. The van der Waals surface area contributed by atoms with Gasteiger partial charge < -0.3 is 4.74 Å². The number of nitrogens with zero attached hydrogens (tertiary/aromatic N) is 1. The lowest BCUT2D eigenvalue weighted by molar-refractivity contribution is 0.298. The Hall–Kier alpha value is -2.05. The summed E-state index contributed by atoms with van der Waals surface area (Å²) in [6, 6.07) is 11.3. The van der Waals surface area contributed by atoms with Gasteiger partial charge >= 0.3 is 0 Å². The van der Waals surface area contributed by atoms with Gasteiger partial charge in [-0.15, -0.1) is 11.3 Å². The van der Waals surface area contributed by atoms with Crippen molar-refractivity contribution in [2.24, 2.45) is 0 Å². The average molecular weight is 349 g/mol. The van der Waals surface area contributed by atoms with Crippen molar-refractivity contribution >= 4 is 23.6 Å². The molecule has 2 nitrogen and oxygen atoms in total. The van der Waals surface area contributed by atoms with E-state index < -0.39 is 11.6 Å². The fourth-order valence-electron chi connectivity index (χ4n) is 2.17. The quantitative estimate of drug-likeness (QED) is 0.583. The van der Waals surface area contributed by atoms with Crippen molar-refractivity contribution in [3.05, 3.63) is 74.7 Å². The van der Waals surface area contributed by atoms with Crippen molar-refractivity contribution in [1.29, 1.82) is 0 Å². The van der Waals surface area contributed by atoms with Gasteiger partial charge in [0, 0.05) is 5.38 Å². The maximum atomic E-state index is 14.0. The monoisotopic (exact) mass is 349 g/mol. The molecule has 1 heterocycles. The van der Waals surface area contributed by atoms with Crippen LogP contribution >= 0.6 is 23.6 Å². The molecule has 1 aromatic heterocycles. The minimum atomic E-state index is -0.656. The number of thiazole rings is 1. The molecule has 0 radical (unpaired) electrons. The Kier molecular flexibility index (Phi) is 4.54. The molecular weight excluding hydrogens is 336 g/mol. The predicted molar refractivity (Wildman–Crippen MR) is 89.9 cm³/mol. The van der Waals surface area contributed by atoms with Gasteiger partial charge in [-0.05, 0) is 43.4 Å². The minimum Gasteiger partial charge on any atom is -0.487 e. The molecule has 0 fully saturated rings. The molecule has 0 atom stereocenters. The molecule has 23 heavy (non-hydrogen) atoms. The first-order valence-corrected chi connectivity index (χ1v) is 8.18. The Balaban J connectivity index is 1.93. The van der Waals surface area contributed by atoms with E-state index in [0.29, 0.717) is 15.4 Å². The predicted octanol–water partition coefficient (Wildman–Crippen LogP) is 5.43. The van der Waals surface area contributed by atoms with E-state index in [1.807, 2.05) is 31.2 Å². The van der Waals surface area contributed by atoms with Crippen LogP contribution in [0.3, 0.4) is 0 Å². The number of rotatable bonds is 4. The minimum absolute atomic E-state index is 0.166. The SMILES string of the molecule is Cc1ccc(OCc2csc(=S)n2-c2c(F)cccc2F)cc1. The highest BCUT2D eigenvalue weighted by molar-refractivity contribution is 7.73. The third kappa shape index (κ3) is 3.33. The first-order valence-electron chi connectivity index (χ1n) is 6.89. The third-order valence-electron chi connectivity index (χ3n) is 3.33. The molecule has 6 heteroatoms. The summed E-state index contributed by atoms with van der Waals surface area (Å²) < 4.78 is 35.5. The van der Waals surface area contributed by atoms with E-state index >= 15 is 0 Å². The largest absolute Gasteiger partial charge is 0.487 e. The van der Waals surface area contributed by atoms with Crippen LogP contribution in [0.2, 0.25) is 0 Å². The molecule has 0 aliphatic carbocycles. The highest BCUT2D eigenvalue weighted by Crippen LogP contribution is 2.24. The molecule has 0 spiro atoms. The Bertz CT molecular complexity index is 864. The van der Waals surface area contributed by atoms with E-state index in [1.54, 1.807) is 5.38 Å². The van der Waals surface area contributed by atoms with Crippen LogP contribution < -0.4 is 4.74 Å². The van der Waals surface area contributed by atoms with Gasteiger partial charge in [0.25, 0.3) is 0 Å². The van der Waals surface area contributed by atoms with E-state index in [-0.39, 0.29) is 12.3 Å². The van der Waals surface area contributed by atoms with Crippen LogP contribution in [-0.2, 0) is 6.61 Å². The van der Waals surface area contributed by atoms with Crippen LogP contribution in [-0.4, -0.2) is 4.57 Å². The lowest BCUT2D eigenvalue weighted by atomic mass is 10.2. The zero-order valence-corrected chi connectivity index (χ0v) is 13.9. The van der Waals surface area contributed by atoms with E-state index in [2.05, 4.69) is 0 Å². The van der Waals surface area contributed by atoms with Crippen LogP contribution in [0.4, 0.5) is 8.78 Å². The topological polar surface area (TPSA) is 14.2 Å². The molecule has 2 aromatic carbocycles. The number of aryl methyl sites for hydroxylation is 1. The van der Waals surface area contributed by atoms with E-state index in [4.69, 9.17) is 17.0 Å². The van der Waals surface area contributed by atoms with Crippen molar-refractivity contribution < 1.29 is 13.5 Å². The van der Waals surface area contributed by atoms with Gasteiger partial charge in [0.2, 0.25) is 0 Å². The summed E-state index contributed by atoms with van der Waals surface area (Å²) in [5.74, 6) is -0.625.